The number of hydrogen-bond acceptors (Lipinski definition) is 7. The van der Waals surface area contributed by atoms with Gasteiger partial charge in [0.25, 0.3) is 0 Å². The Kier molecular flexibility index (Phi) is 6.71. The van der Waals surface area contributed by atoms with Gasteiger partial charge in [0.2, 0.25) is 0 Å². The molecule has 0 saturated heterocycles. The molecule has 8 nitrogen and oxygen atoms in total. The summed E-state index contributed by atoms with van der Waals surface area (Å²) in [6.07, 6.45) is 6.33. The van der Waals surface area contributed by atoms with E-state index in [0.29, 0.717) is 19.8 Å². The first-order valence-corrected chi connectivity index (χ1v) is 10.3. The summed E-state index contributed by atoms with van der Waals surface area (Å²) in [6, 6.07) is 9.99. The highest BCUT2D eigenvalue weighted by molar-refractivity contribution is 6.04. The zero-order valence-electron chi connectivity index (χ0n) is 17.4. The molecule has 1 unspecified atom stereocenters. The van der Waals surface area contributed by atoms with Crippen LogP contribution in [0.2, 0.25) is 0 Å². The number of methoxy groups -OCH3 is 1. The minimum atomic E-state index is -0.682. The number of aliphatic hydroxyl groups is 1. The van der Waals surface area contributed by atoms with E-state index in [1.54, 1.807) is 24.2 Å². The van der Waals surface area contributed by atoms with Gasteiger partial charge < -0.3 is 19.8 Å². The number of fused-ring (bicyclic) bond motifs is 1. The van der Waals surface area contributed by atoms with Crippen LogP contribution >= 0.6 is 0 Å². The molecule has 1 atom stereocenters. The number of aromatic nitrogens is 3. The Hall–Kier alpha value is -3.07. The van der Waals surface area contributed by atoms with Gasteiger partial charge in [-0.3, -0.25) is 9.67 Å². The predicted molar refractivity (Wildman–Crippen MR) is 116 cm³/mol. The number of ether oxygens (including phenoxy) is 2. The van der Waals surface area contributed by atoms with Crippen molar-refractivity contribution in [2.75, 3.05) is 26.9 Å². The maximum Gasteiger partial charge on any atom is 0.100 e. The lowest BCUT2D eigenvalue weighted by atomic mass is 9.98. The molecule has 2 aromatic heterocycles. The maximum atomic E-state index is 10.4. The van der Waals surface area contributed by atoms with Gasteiger partial charge in [-0.25, -0.2) is 0 Å². The van der Waals surface area contributed by atoms with Crippen LogP contribution in [-0.4, -0.2) is 63.8 Å². The van der Waals surface area contributed by atoms with Gasteiger partial charge in [0.1, 0.15) is 5.69 Å². The highest BCUT2D eigenvalue weighted by Crippen LogP contribution is 2.34. The summed E-state index contributed by atoms with van der Waals surface area (Å²) in [6.45, 7) is 1.46. The molecule has 8 heteroatoms. The largest absolute Gasteiger partial charge is 0.411 e. The molecule has 4 rings (SSSR count). The molecule has 1 aliphatic carbocycles. The van der Waals surface area contributed by atoms with Crippen LogP contribution in [0.5, 0.6) is 0 Å². The smallest absolute Gasteiger partial charge is 0.100 e. The van der Waals surface area contributed by atoms with Gasteiger partial charge in [-0.05, 0) is 36.1 Å². The predicted octanol–water partition coefficient (Wildman–Crippen LogP) is 2.76. The van der Waals surface area contributed by atoms with Gasteiger partial charge in [0, 0.05) is 42.4 Å². The first-order chi connectivity index (χ1) is 15.2. The first-order valence-electron chi connectivity index (χ1n) is 10.3. The van der Waals surface area contributed by atoms with Gasteiger partial charge >= 0.3 is 0 Å². The SMILES string of the molecule is COCCOCC(O)Cn1cc(-c2ccc3c(c2)CC/C3=N\O)c(-c2ccncc2)n1. The Morgan fingerprint density at radius 1 is 1.10 bits per heavy atom. The average Bonchev–Trinajstić information content (AvgIpc) is 3.41. The number of pyridine rings is 1. The Morgan fingerprint density at radius 3 is 2.71 bits per heavy atom. The molecule has 162 valence electrons. The van der Waals surface area contributed by atoms with E-state index in [9.17, 15) is 10.3 Å². The van der Waals surface area contributed by atoms with Crippen molar-refractivity contribution in [1.29, 1.82) is 0 Å². The van der Waals surface area contributed by atoms with Crippen LogP contribution in [0.3, 0.4) is 0 Å². The lowest BCUT2D eigenvalue weighted by Gasteiger charge is -2.11. The molecule has 0 spiro atoms. The molecule has 2 heterocycles. The minimum Gasteiger partial charge on any atom is -0.411 e. The summed E-state index contributed by atoms with van der Waals surface area (Å²) >= 11 is 0. The van der Waals surface area contributed by atoms with Crippen molar-refractivity contribution in [2.24, 2.45) is 5.16 Å². The van der Waals surface area contributed by atoms with Crippen molar-refractivity contribution in [3.63, 3.8) is 0 Å². The summed E-state index contributed by atoms with van der Waals surface area (Å²) in [4.78, 5) is 4.10. The highest BCUT2D eigenvalue weighted by Gasteiger charge is 2.21. The second-order valence-corrected chi connectivity index (χ2v) is 7.49. The van der Waals surface area contributed by atoms with E-state index in [2.05, 4.69) is 16.2 Å². The van der Waals surface area contributed by atoms with E-state index >= 15 is 0 Å². The van der Waals surface area contributed by atoms with E-state index in [0.717, 1.165) is 52.1 Å². The summed E-state index contributed by atoms with van der Waals surface area (Å²) in [7, 11) is 1.61. The second-order valence-electron chi connectivity index (χ2n) is 7.49. The van der Waals surface area contributed by atoms with Gasteiger partial charge in [0.05, 0.1) is 38.2 Å². The first kappa shape index (κ1) is 21.2. The summed E-state index contributed by atoms with van der Waals surface area (Å²) in [5.74, 6) is 0. The summed E-state index contributed by atoms with van der Waals surface area (Å²) in [5.41, 5.74) is 6.65. The molecule has 0 saturated carbocycles. The standard InChI is InChI=1S/C23H26N4O4/c1-30-10-11-31-15-19(28)13-27-14-21(23(25-27)16-6-8-24-9-7-16)18-2-4-20-17(12-18)3-5-22(20)26-29/h2,4,6-9,12,14,19,28-29H,3,5,10-11,13,15H2,1H3/b26-22+. The molecule has 0 bridgehead atoms. The van der Waals surface area contributed by atoms with Crippen molar-refractivity contribution < 1.29 is 19.8 Å². The van der Waals surface area contributed by atoms with Crippen LogP contribution in [0.25, 0.3) is 22.4 Å². The van der Waals surface area contributed by atoms with E-state index in [1.165, 1.54) is 0 Å². The zero-order valence-corrected chi connectivity index (χ0v) is 17.4. The maximum absolute atomic E-state index is 10.4. The fraction of sp³-hybridized carbons (Fsp3) is 0.348. The number of hydrogen-bond donors (Lipinski definition) is 2. The van der Waals surface area contributed by atoms with Crippen LogP contribution in [0.1, 0.15) is 17.5 Å². The molecule has 31 heavy (non-hydrogen) atoms. The zero-order chi connectivity index (χ0) is 21.6. The van der Waals surface area contributed by atoms with Crippen molar-refractivity contribution in [1.82, 2.24) is 14.8 Å². The van der Waals surface area contributed by atoms with Gasteiger partial charge in [-0.15, -0.1) is 0 Å². The second kappa shape index (κ2) is 9.82. The molecule has 0 fully saturated rings. The van der Waals surface area contributed by atoms with E-state index in [4.69, 9.17) is 14.6 Å². The average molecular weight is 422 g/mol. The summed E-state index contributed by atoms with van der Waals surface area (Å²) in [5, 5.41) is 27.7. The molecule has 3 aromatic rings. The third-order valence-electron chi connectivity index (χ3n) is 5.33. The van der Waals surface area contributed by atoms with Crippen molar-refractivity contribution in [2.45, 2.75) is 25.5 Å². The molecule has 2 N–H and O–H groups in total. The third kappa shape index (κ3) is 4.82. The Balaban J connectivity index is 1.62. The molecule has 0 aliphatic heterocycles. The van der Waals surface area contributed by atoms with Crippen LogP contribution in [-0.2, 0) is 22.4 Å². The lowest BCUT2D eigenvalue weighted by Crippen LogP contribution is -2.23. The number of aliphatic hydroxyl groups excluding tert-OH is 1. The normalized spacial score (nSPS) is 15.4. The van der Waals surface area contributed by atoms with Gasteiger partial charge in [0.15, 0.2) is 0 Å². The number of aryl methyl sites for hydroxylation is 1. The Morgan fingerprint density at radius 2 is 1.94 bits per heavy atom. The van der Waals surface area contributed by atoms with E-state index < -0.39 is 6.10 Å². The molecular weight excluding hydrogens is 396 g/mol. The molecule has 0 radical (unpaired) electrons. The molecule has 1 aromatic carbocycles. The fourth-order valence-corrected chi connectivity index (χ4v) is 3.82. The number of rotatable bonds is 9. The Labute approximate surface area is 180 Å². The van der Waals surface area contributed by atoms with E-state index in [1.807, 2.05) is 30.5 Å². The monoisotopic (exact) mass is 422 g/mol. The van der Waals surface area contributed by atoms with E-state index in [-0.39, 0.29) is 6.61 Å². The highest BCUT2D eigenvalue weighted by atomic mass is 16.5. The van der Waals surface area contributed by atoms with Crippen LogP contribution in [0.15, 0.2) is 54.1 Å². The fourth-order valence-electron chi connectivity index (χ4n) is 3.82. The quantitative estimate of drug-likeness (QED) is 0.312. The van der Waals surface area contributed by atoms with Crippen LogP contribution in [0, 0.1) is 0 Å². The topological polar surface area (TPSA) is 102 Å². The van der Waals surface area contributed by atoms with Gasteiger partial charge in [-0.2, -0.15) is 5.10 Å². The summed E-state index contributed by atoms with van der Waals surface area (Å²) < 4.78 is 12.1. The van der Waals surface area contributed by atoms with Crippen molar-refractivity contribution in [3.05, 3.63) is 60.0 Å². The van der Waals surface area contributed by atoms with Crippen LogP contribution < -0.4 is 0 Å². The minimum absolute atomic E-state index is 0.214. The molecular formula is C23H26N4O4. The number of oxime groups is 1. The van der Waals surface area contributed by atoms with Crippen molar-refractivity contribution in [3.8, 4) is 22.4 Å². The molecule has 1 aliphatic rings. The van der Waals surface area contributed by atoms with Crippen molar-refractivity contribution >= 4 is 5.71 Å². The third-order valence-corrected chi connectivity index (χ3v) is 5.33. The van der Waals surface area contributed by atoms with Crippen LogP contribution in [0.4, 0.5) is 0 Å². The Bertz CT molecular complexity index is 1050. The lowest BCUT2D eigenvalue weighted by molar-refractivity contribution is 0.00600. The number of nitrogens with zero attached hydrogens (tertiary/aromatic N) is 4. The van der Waals surface area contributed by atoms with Gasteiger partial charge in [-0.1, -0.05) is 23.4 Å². The molecule has 0 amide bonds. The number of benzene rings is 1.